The molecule has 0 bridgehead atoms. The zero-order valence-corrected chi connectivity index (χ0v) is 14.6. The average Bonchev–Trinajstić information content (AvgIpc) is 3.27. The molecule has 3 rings (SSSR count). The van der Waals surface area contributed by atoms with E-state index < -0.39 is 6.04 Å². The Hall–Kier alpha value is -1.51. The van der Waals surface area contributed by atoms with Gasteiger partial charge >= 0.3 is 0 Å². The van der Waals surface area contributed by atoms with Gasteiger partial charge in [-0.15, -0.1) is 11.3 Å². The zero-order chi connectivity index (χ0) is 16.2. The molecule has 2 aromatic rings. The molecule has 23 heavy (non-hydrogen) atoms. The number of nitrogens with one attached hydrogen (secondary N) is 2. The number of ether oxygens (including phenoxy) is 1. The quantitative estimate of drug-likeness (QED) is 0.784. The highest BCUT2D eigenvalue weighted by molar-refractivity contribution is 7.71. The third kappa shape index (κ3) is 3.70. The number of H-pyrrole nitrogens is 1. The number of amides is 1. The molecule has 2 aromatic heterocycles. The lowest BCUT2D eigenvalue weighted by molar-refractivity contribution is -0.123. The van der Waals surface area contributed by atoms with E-state index in [9.17, 15) is 4.79 Å². The number of aromatic amines is 1. The normalized spacial score (nSPS) is 18.9. The van der Waals surface area contributed by atoms with E-state index in [1.165, 1.54) is 0 Å². The van der Waals surface area contributed by atoms with Crippen LogP contribution >= 0.6 is 23.6 Å². The number of hydrogen-bond acceptors (Lipinski definition) is 5. The first-order chi connectivity index (χ1) is 11.2. The second-order valence-corrected chi connectivity index (χ2v) is 6.92. The molecular formula is C15H20N4O2S2. The molecule has 8 heteroatoms. The van der Waals surface area contributed by atoms with Crippen molar-refractivity contribution in [1.82, 2.24) is 20.1 Å². The molecule has 3 heterocycles. The first-order valence-corrected chi connectivity index (χ1v) is 9.05. The number of aromatic nitrogens is 3. The highest BCUT2D eigenvalue weighted by Crippen LogP contribution is 2.25. The Morgan fingerprint density at radius 2 is 2.57 bits per heavy atom. The number of hydrogen-bond donors (Lipinski definition) is 2. The second-order valence-electron chi connectivity index (χ2n) is 5.59. The van der Waals surface area contributed by atoms with Crippen molar-refractivity contribution in [2.24, 2.45) is 0 Å². The van der Waals surface area contributed by atoms with Gasteiger partial charge in [0.05, 0.1) is 11.0 Å². The summed E-state index contributed by atoms with van der Waals surface area (Å²) in [5.41, 5.74) is 0. The molecule has 1 saturated heterocycles. The Kier molecular flexibility index (Phi) is 5.24. The van der Waals surface area contributed by atoms with Crippen LogP contribution in [-0.4, -0.2) is 39.9 Å². The van der Waals surface area contributed by atoms with Crippen molar-refractivity contribution in [3.63, 3.8) is 0 Å². The van der Waals surface area contributed by atoms with Crippen LogP contribution in [0.2, 0.25) is 0 Å². The molecular weight excluding hydrogens is 332 g/mol. The van der Waals surface area contributed by atoms with Crippen molar-refractivity contribution in [3.05, 3.63) is 22.3 Å². The van der Waals surface area contributed by atoms with Crippen molar-refractivity contribution in [2.75, 3.05) is 13.2 Å². The van der Waals surface area contributed by atoms with Crippen molar-refractivity contribution >= 4 is 29.5 Å². The Labute approximate surface area is 143 Å². The van der Waals surface area contributed by atoms with Gasteiger partial charge in [0.2, 0.25) is 5.91 Å². The fourth-order valence-corrected chi connectivity index (χ4v) is 3.74. The minimum absolute atomic E-state index is 0.0571. The third-order valence-corrected chi connectivity index (χ3v) is 5.16. The van der Waals surface area contributed by atoms with Crippen LogP contribution in [0.25, 0.3) is 10.7 Å². The fraction of sp³-hybridized carbons (Fsp3) is 0.533. The standard InChI is InChI=1S/C15H20N4O2S2/c1-10(14(20)16-7-6-11-4-2-8-21-11)19-13(17-18-15(19)22)12-5-3-9-23-12/h3,5,9-11H,2,4,6-8H2,1H3,(H,16,20)(H,18,22). The van der Waals surface area contributed by atoms with Crippen molar-refractivity contribution in [1.29, 1.82) is 0 Å². The number of nitrogens with zero attached hydrogens (tertiary/aromatic N) is 2. The Morgan fingerprint density at radius 1 is 1.70 bits per heavy atom. The van der Waals surface area contributed by atoms with Crippen LogP contribution in [-0.2, 0) is 9.53 Å². The van der Waals surface area contributed by atoms with E-state index in [4.69, 9.17) is 17.0 Å². The predicted molar refractivity (Wildman–Crippen MR) is 92.0 cm³/mol. The van der Waals surface area contributed by atoms with Crippen LogP contribution in [0.5, 0.6) is 0 Å². The predicted octanol–water partition coefficient (Wildman–Crippen LogP) is 2.92. The molecule has 1 aliphatic heterocycles. The first kappa shape index (κ1) is 16.4. The van der Waals surface area contributed by atoms with Crippen molar-refractivity contribution < 1.29 is 9.53 Å². The number of carbonyl (C=O) groups is 1. The molecule has 124 valence electrons. The van der Waals surface area contributed by atoms with Crippen LogP contribution in [0.3, 0.4) is 0 Å². The summed E-state index contributed by atoms with van der Waals surface area (Å²) in [6.45, 7) is 3.29. The summed E-state index contributed by atoms with van der Waals surface area (Å²) < 4.78 is 7.79. The molecule has 1 aliphatic rings. The molecule has 0 radical (unpaired) electrons. The van der Waals surface area contributed by atoms with Gasteiger partial charge < -0.3 is 10.1 Å². The minimum Gasteiger partial charge on any atom is -0.378 e. The SMILES string of the molecule is CC(C(=O)NCCC1CCCO1)n1c(-c2cccs2)n[nH]c1=S. The van der Waals surface area contributed by atoms with Gasteiger partial charge in [-0.3, -0.25) is 14.5 Å². The Bertz CT molecular complexity index is 701. The molecule has 2 unspecified atom stereocenters. The number of rotatable bonds is 6. The molecule has 0 aromatic carbocycles. The van der Waals surface area contributed by atoms with E-state index in [1.54, 1.807) is 15.9 Å². The van der Waals surface area contributed by atoms with Crippen LogP contribution in [0.1, 0.15) is 32.2 Å². The van der Waals surface area contributed by atoms with Crippen LogP contribution in [0.4, 0.5) is 0 Å². The van der Waals surface area contributed by atoms with Crippen molar-refractivity contribution in [2.45, 2.75) is 38.3 Å². The van der Waals surface area contributed by atoms with E-state index >= 15 is 0 Å². The van der Waals surface area contributed by atoms with E-state index in [2.05, 4.69) is 15.5 Å². The Morgan fingerprint density at radius 3 is 3.26 bits per heavy atom. The lowest BCUT2D eigenvalue weighted by Gasteiger charge is -2.16. The molecule has 2 N–H and O–H groups in total. The highest BCUT2D eigenvalue weighted by atomic mass is 32.1. The lowest BCUT2D eigenvalue weighted by Crippen LogP contribution is -2.33. The minimum atomic E-state index is -0.414. The van der Waals surface area contributed by atoms with Gasteiger partial charge in [-0.1, -0.05) is 6.07 Å². The van der Waals surface area contributed by atoms with Gasteiger partial charge in [-0.25, -0.2) is 0 Å². The fourth-order valence-electron chi connectivity index (χ4n) is 2.74. The zero-order valence-electron chi connectivity index (χ0n) is 12.9. The smallest absolute Gasteiger partial charge is 0.242 e. The van der Waals surface area contributed by atoms with E-state index in [0.717, 1.165) is 30.7 Å². The summed E-state index contributed by atoms with van der Waals surface area (Å²) in [4.78, 5) is 13.4. The highest BCUT2D eigenvalue weighted by Gasteiger charge is 2.22. The van der Waals surface area contributed by atoms with Gasteiger partial charge in [-0.2, -0.15) is 5.10 Å². The van der Waals surface area contributed by atoms with Gasteiger partial charge in [-0.05, 0) is 49.9 Å². The van der Waals surface area contributed by atoms with E-state index in [-0.39, 0.29) is 12.0 Å². The summed E-state index contributed by atoms with van der Waals surface area (Å²) in [6.07, 6.45) is 3.33. The lowest BCUT2D eigenvalue weighted by atomic mass is 10.2. The van der Waals surface area contributed by atoms with Crippen LogP contribution < -0.4 is 5.32 Å². The van der Waals surface area contributed by atoms with E-state index in [0.29, 0.717) is 17.1 Å². The topological polar surface area (TPSA) is 71.9 Å². The maximum Gasteiger partial charge on any atom is 0.242 e. The van der Waals surface area contributed by atoms with Crippen LogP contribution in [0.15, 0.2) is 17.5 Å². The Balaban J connectivity index is 1.65. The maximum absolute atomic E-state index is 12.4. The molecule has 1 fully saturated rings. The monoisotopic (exact) mass is 352 g/mol. The summed E-state index contributed by atoms with van der Waals surface area (Å²) in [5.74, 6) is 0.644. The summed E-state index contributed by atoms with van der Waals surface area (Å²) in [6, 6.07) is 3.51. The van der Waals surface area contributed by atoms with Gasteiger partial charge in [0, 0.05) is 13.2 Å². The molecule has 0 aliphatic carbocycles. The average molecular weight is 352 g/mol. The third-order valence-electron chi connectivity index (χ3n) is 4.00. The molecule has 2 atom stereocenters. The van der Waals surface area contributed by atoms with E-state index in [1.807, 2.05) is 24.4 Å². The van der Waals surface area contributed by atoms with Gasteiger partial charge in [0.25, 0.3) is 0 Å². The largest absolute Gasteiger partial charge is 0.378 e. The summed E-state index contributed by atoms with van der Waals surface area (Å²) in [7, 11) is 0. The van der Waals surface area contributed by atoms with Crippen molar-refractivity contribution in [3.8, 4) is 10.7 Å². The number of thiophene rings is 1. The van der Waals surface area contributed by atoms with Gasteiger partial charge in [0.1, 0.15) is 6.04 Å². The first-order valence-electron chi connectivity index (χ1n) is 7.77. The summed E-state index contributed by atoms with van der Waals surface area (Å²) >= 11 is 6.86. The molecule has 0 saturated carbocycles. The molecule has 1 amide bonds. The van der Waals surface area contributed by atoms with Gasteiger partial charge in [0.15, 0.2) is 10.6 Å². The molecule has 0 spiro atoms. The second kappa shape index (κ2) is 7.37. The van der Waals surface area contributed by atoms with Crippen LogP contribution in [0, 0.1) is 4.77 Å². The summed E-state index contributed by atoms with van der Waals surface area (Å²) in [5, 5.41) is 12.0. The molecule has 6 nitrogen and oxygen atoms in total. The number of carbonyl (C=O) groups excluding carboxylic acids is 1. The maximum atomic E-state index is 12.4.